The van der Waals surface area contributed by atoms with Gasteiger partial charge in [-0.25, -0.2) is 9.18 Å². The second kappa shape index (κ2) is 4.56. The summed E-state index contributed by atoms with van der Waals surface area (Å²) in [6.07, 6.45) is 1.30. The Hall–Kier alpha value is -0.640. The van der Waals surface area contributed by atoms with E-state index in [9.17, 15) is 9.18 Å². The molecule has 3 unspecified atom stereocenters. The van der Waals surface area contributed by atoms with Gasteiger partial charge in [0.25, 0.3) is 6.36 Å². The molecule has 0 bridgehead atoms. The van der Waals surface area contributed by atoms with E-state index < -0.39 is 12.3 Å². The zero-order chi connectivity index (χ0) is 9.84. The molecule has 1 aliphatic rings. The van der Waals surface area contributed by atoms with Gasteiger partial charge in [-0.1, -0.05) is 19.8 Å². The molecule has 1 fully saturated rings. The third kappa shape index (κ3) is 3.30. The van der Waals surface area contributed by atoms with Crippen molar-refractivity contribution in [3.63, 3.8) is 0 Å². The van der Waals surface area contributed by atoms with Crippen LogP contribution in [0.25, 0.3) is 0 Å². The van der Waals surface area contributed by atoms with Crippen LogP contribution in [0.4, 0.5) is 4.39 Å². The van der Waals surface area contributed by atoms with Gasteiger partial charge < -0.3 is 9.84 Å². The van der Waals surface area contributed by atoms with Crippen LogP contribution in [0.5, 0.6) is 0 Å². The van der Waals surface area contributed by atoms with Crippen molar-refractivity contribution in [3.05, 3.63) is 0 Å². The van der Waals surface area contributed by atoms with Crippen molar-refractivity contribution in [1.82, 2.24) is 0 Å². The van der Waals surface area contributed by atoms with E-state index >= 15 is 0 Å². The number of halogens is 1. The number of alkyl halides is 1. The van der Waals surface area contributed by atoms with Crippen LogP contribution in [0.1, 0.15) is 32.6 Å². The number of carboxylic acids is 1. The summed E-state index contributed by atoms with van der Waals surface area (Å²) < 4.78 is 17.4. The van der Waals surface area contributed by atoms with Gasteiger partial charge in [-0.3, -0.25) is 0 Å². The normalized spacial score (nSPS) is 31.2. The van der Waals surface area contributed by atoms with E-state index in [1.807, 2.05) is 0 Å². The first-order valence-corrected chi connectivity index (χ1v) is 4.62. The first-order chi connectivity index (χ1) is 6.09. The van der Waals surface area contributed by atoms with Gasteiger partial charge in [0, 0.05) is 0 Å². The number of rotatable bonds is 3. The number of carboxylic acid groups (broad SMARTS) is 1. The maximum Gasteiger partial charge on any atom is 0.366 e. The molecule has 0 aromatic carbocycles. The average molecular weight is 190 g/mol. The van der Waals surface area contributed by atoms with Gasteiger partial charge in [-0.05, 0) is 18.8 Å². The maximum absolute atomic E-state index is 12.6. The molecule has 1 N–H and O–H groups in total. The van der Waals surface area contributed by atoms with Gasteiger partial charge in [0.2, 0.25) is 0 Å². The maximum atomic E-state index is 12.6. The molecule has 0 radical (unpaired) electrons. The number of ether oxygens (including phenoxy) is 1. The quantitative estimate of drug-likeness (QED) is 0.740. The Bertz CT molecular complexity index is 184. The lowest BCUT2D eigenvalue weighted by atomic mass is 9.89. The standard InChI is InChI=1S/C9H15FO3/c1-6-3-2-4-7(5-6)13-8(10)9(11)12/h6-8H,2-5H2,1H3,(H,11,12). The highest BCUT2D eigenvalue weighted by atomic mass is 19.1. The number of hydrogen-bond acceptors (Lipinski definition) is 2. The summed E-state index contributed by atoms with van der Waals surface area (Å²) in [7, 11) is 0. The van der Waals surface area contributed by atoms with E-state index in [2.05, 4.69) is 6.92 Å². The van der Waals surface area contributed by atoms with Crippen molar-refractivity contribution in [3.8, 4) is 0 Å². The summed E-state index contributed by atoms with van der Waals surface area (Å²) in [4.78, 5) is 10.2. The largest absolute Gasteiger partial charge is 0.477 e. The second-order valence-electron chi connectivity index (χ2n) is 3.68. The van der Waals surface area contributed by atoms with Crippen molar-refractivity contribution in [2.24, 2.45) is 5.92 Å². The van der Waals surface area contributed by atoms with E-state index in [0.29, 0.717) is 5.92 Å². The third-order valence-electron chi connectivity index (χ3n) is 2.39. The van der Waals surface area contributed by atoms with E-state index in [1.165, 1.54) is 0 Å². The summed E-state index contributed by atoms with van der Waals surface area (Å²) in [5.41, 5.74) is 0. The van der Waals surface area contributed by atoms with Gasteiger partial charge in [0.15, 0.2) is 0 Å². The minimum Gasteiger partial charge on any atom is -0.477 e. The molecule has 0 aliphatic heterocycles. The summed E-state index contributed by atoms with van der Waals surface area (Å²) in [6.45, 7) is 2.07. The predicted octanol–water partition coefficient (Wildman–Crippen LogP) is 1.96. The minimum absolute atomic E-state index is 0.213. The van der Waals surface area contributed by atoms with Crippen LogP contribution in [0.15, 0.2) is 0 Å². The molecule has 0 aromatic rings. The summed E-state index contributed by atoms with van der Waals surface area (Å²) in [6, 6.07) is 0. The summed E-state index contributed by atoms with van der Waals surface area (Å²) >= 11 is 0. The zero-order valence-electron chi connectivity index (χ0n) is 7.70. The molecule has 1 aliphatic carbocycles. The highest BCUT2D eigenvalue weighted by molar-refractivity contribution is 5.70. The fraction of sp³-hybridized carbons (Fsp3) is 0.889. The predicted molar refractivity (Wildman–Crippen MR) is 45.0 cm³/mol. The van der Waals surface area contributed by atoms with Gasteiger partial charge >= 0.3 is 5.97 Å². The number of hydrogen-bond donors (Lipinski definition) is 1. The van der Waals surface area contributed by atoms with Crippen molar-refractivity contribution >= 4 is 5.97 Å². The molecule has 0 amide bonds. The molecule has 0 heterocycles. The molecule has 0 spiro atoms. The number of carbonyl (C=O) groups is 1. The van der Waals surface area contributed by atoms with Crippen molar-refractivity contribution in [1.29, 1.82) is 0 Å². The second-order valence-corrected chi connectivity index (χ2v) is 3.68. The average Bonchev–Trinajstić information content (AvgIpc) is 2.04. The third-order valence-corrected chi connectivity index (χ3v) is 2.39. The lowest BCUT2D eigenvalue weighted by Crippen LogP contribution is -2.29. The monoisotopic (exact) mass is 190 g/mol. The molecule has 3 atom stereocenters. The van der Waals surface area contributed by atoms with Crippen LogP contribution in [0.2, 0.25) is 0 Å². The Kier molecular flexibility index (Phi) is 3.66. The Balaban J connectivity index is 2.31. The molecule has 0 saturated heterocycles. The van der Waals surface area contributed by atoms with Gasteiger partial charge in [-0.2, -0.15) is 0 Å². The smallest absolute Gasteiger partial charge is 0.366 e. The molecule has 4 heteroatoms. The first-order valence-electron chi connectivity index (χ1n) is 4.62. The van der Waals surface area contributed by atoms with Crippen LogP contribution in [-0.4, -0.2) is 23.5 Å². The zero-order valence-corrected chi connectivity index (χ0v) is 7.70. The highest BCUT2D eigenvalue weighted by Crippen LogP contribution is 2.26. The Morgan fingerprint density at radius 1 is 1.62 bits per heavy atom. The Labute approximate surface area is 76.9 Å². The summed E-state index contributed by atoms with van der Waals surface area (Å²) in [5.74, 6) is -1.02. The Morgan fingerprint density at radius 2 is 2.31 bits per heavy atom. The van der Waals surface area contributed by atoms with E-state index in [-0.39, 0.29) is 6.10 Å². The molecule has 1 saturated carbocycles. The van der Waals surface area contributed by atoms with Crippen molar-refractivity contribution < 1.29 is 19.0 Å². The Morgan fingerprint density at radius 3 is 2.85 bits per heavy atom. The SMILES string of the molecule is CC1CCCC(OC(F)C(=O)O)C1. The van der Waals surface area contributed by atoms with Crippen LogP contribution in [0.3, 0.4) is 0 Å². The fourth-order valence-corrected chi connectivity index (χ4v) is 1.73. The van der Waals surface area contributed by atoms with Crippen LogP contribution >= 0.6 is 0 Å². The number of aliphatic carboxylic acids is 1. The molecule has 13 heavy (non-hydrogen) atoms. The first kappa shape index (κ1) is 10.4. The van der Waals surface area contributed by atoms with Gasteiger partial charge in [0.05, 0.1) is 6.10 Å². The van der Waals surface area contributed by atoms with Gasteiger partial charge in [-0.15, -0.1) is 0 Å². The molecule has 1 rings (SSSR count). The molecular weight excluding hydrogens is 175 g/mol. The molecule has 3 nitrogen and oxygen atoms in total. The fourth-order valence-electron chi connectivity index (χ4n) is 1.73. The highest BCUT2D eigenvalue weighted by Gasteiger charge is 2.25. The van der Waals surface area contributed by atoms with Crippen LogP contribution in [0, 0.1) is 5.92 Å². The van der Waals surface area contributed by atoms with E-state index in [4.69, 9.17) is 9.84 Å². The lowest BCUT2D eigenvalue weighted by molar-refractivity contribution is -0.173. The summed E-state index contributed by atoms with van der Waals surface area (Å²) in [5, 5.41) is 8.28. The van der Waals surface area contributed by atoms with Crippen molar-refractivity contribution in [2.75, 3.05) is 0 Å². The van der Waals surface area contributed by atoms with Gasteiger partial charge in [0.1, 0.15) is 0 Å². The topological polar surface area (TPSA) is 46.5 Å². The van der Waals surface area contributed by atoms with Crippen LogP contribution in [-0.2, 0) is 9.53 Å². The van der Waals surface area contributed by atoms with Crippen molar-refractivity contribution in [2.45, 2.75) is 45.1 Å². The van der Waals surface area contributed by atoms with E-state index in [1.54, 1.807) is 0 Å². The lowest BCUT2D eigenvalue weighted by Gasteiger charge is -2.26. The molecule has 0 aromatic heterocycles. The van der Waals surface area contributed by atoms with E-state index in [0.717, 1.165) is 25.7 Å². The molecular formula is C9H15FO3. The van der Waals surface area contributed by atoms with Crippen LogP contribution < -0.4 is 0 Å². The minimum atomic E-state index is -2.16. The molecule has 76 valence electrons.